The van der Waals surface area contributed by atoms with Crippen molar-refractivity contribution in [1.29, 1.82) is 0 Å². The molecule has 0 saturated heterocycles. The van der Waals surface area contributed by atoms with E-state index in [1.165, 1.54) is 12.1 Å². The summed E-state index contributed by atoms with van der Waals surface area (Å²) in [5, 5.41) is 15.9. The molecule has 1 aliphatic carbocycles. The molecule has 1 aliphatic rings. The molecule has 1 aromatic carbocycles. The molecule has 0 amide bonds. The fourth-order valence-electron chi connectivity index (χ4n) is 3.59. The Hall–Kier alpha value is -1.96. The molecule has 2 atom stereocenters. The quantitative estimate of drug-likeness (QED) is 0.396. The molecular formula is C21H32F3N3O2. The first-order chi connectivity index (χ1) is 13.8. The van der Waals surface area contributed by atoms with Crippen LogP contribution in [0.15, 0.2) is 29.3 Å². The van der Waals surface area contributed by atoms with Gasteiger partial charge in [-0.2, -0.15) is 0 Å². The minimum atomic E-state index is -4.71. The van der Waals surface area contributed by atoms with Gasteiger partial charge in [0.1, 0.15) is 5.75 Å². The van der Waals surface area contributed by atoms with E-state index >= 15 is 0 Å². The number of aliphatic hydroxyl groups is 1. The maximum absolute atomic E-state index is 12.7. The van der Waals surface area contributed by atoms with Gasteiger partial charge in [-0.25, -0.2) is 0 Å². The van der Waals surface area contributed by atoms with Gasteiger partial charge in [-0.05, 0) is 49.7 Å². The van der Waals surface area contributed by atoms with Gasteiger partial charge >= 0.3 is 6.36 Å². The van der Waals surface area contributed by atoms with Crippen LogP contribution in [0.2, 0.25) is 0 Å². The van der Waals surface area contributed by atoms with Gasteiger partial charge in [0, 0.05) is 31.7 Å². The van der Waals surface area contributed by atoms with Crippen LogP contribution in [-0.2, 0) is 0 Å². The Morgan fingerprint density at radius 1 is 1.21 bits per heavy atom. The van der Waals surface area contributed by atoms with Gasteiger partial charge in [-0.1, -0.05) is 32.0 Å². The lowest BCUT2D eigenvalue weighted by molar-refractivity contribution is -0.274. The number of nitrogens with one attached hydrogen (secondary N) is 2. The molecule has 29 heavy (non-hydrogen) atoms. The predicted molar refractivity (Wildman–Crippen MR) is 108 cm³/mol. The van der Waals surface area contributed by atoms with Gasteiger partial charge < -0.3 is 20.5 Å². The van der Waals surface area contributed by atoms with E-state index in [2.05, 4.69) is 29.2 Å². The SMILES string of the molecule is CCNC(=NCC(CC)(CC)CCO)NC1CC1c1ccccc1OC(F)(F)F. The summed E-state index contributed by atoms with van der Waals surface area (Å²) in [6.07, 6.45) is -1.47. The summed E-state index contributed by atoms with van der Waals surface area (Å²) >= 11 is 0. The third-order valence-corrected chi connectivity index (χ3v) is 5.72. The molecule has 2 unspecified atom stereocenters. The number of halogens is 3. The normalized spacial score (nSPS) is 19.8. The summed E-state index contributed by atoms with van der Waals surface area (Å²) in [4.78, 5) is 4.71. The highest BCUT2D eigenvalue weighted by Crippen LogP contribution is 2.45. The maximum atomic E-state index is 12.7. The van der Waals surface area contributed by atoms with Crippen LogP contribution in [0.25, 0.3) is 0 Å². The highest BCUT2D eigenvalue weighted by molar-refractivity contribution is 5.80. The summed E-state index contributed by atoms with van der Waals surface area (Å²) in [7, 11) is 0. The lowest BCUT2D eigenvalue weighted by atomic mass is 9.79. The molecule has 8 heteroatoms. The highest BCUT2D eigenvalue weighted by atomic mass is 19.4. The average Bonchev–Trinajstić information content (AvgIpc) is 3.43. The van der Waals surface area contributed by atoms with Crippen LogP contribution in [-0.4, -0.2) is 43.2 Å². The van der Waals surface area contributed by atoms with Crippen molar-refractivity contribution in [2.45, 2.75) is 64.8 Å². The monoisotopic (exact) mass is 415 g/mol. The number of hydrogen-bond donors (Lipinski definition) is 3. The van der Waals surface area contributed by atoms with Crippen molar-refractivity contribution in [3.05, 3.63) is 29.8 Å². The van der Waals surface area contributed by atoms with E-state index < -0.39 is 6.36 Å². The van der Waals surface area contributed by atoms with Gasteiger partial charge in [-0.15, -0.1) is 13.2 Å². The number of guanidine groups is 1. The molecule has 164 valence electrons. The molecule has 3 N–H and O–H groups in total. The fourth-order valence-corrected chi connectivity index (χ4v) is 3.59. The third kappa shape index (κ3) is 6.80. The number of alkyl halides is 3. The van der Waals surface area contributed by atoms with Gasteiger partial charge in [0.2, 0.25) is 0 Å². The second-order valence-electron chi connectivity index (χ2n) is 7.55. The Labute approximate surface area is 170 Å². The van der Waals surface area contributed by atoms with Crippen LogP contribution in [0.4, 0.5) is 13.2 Å². The van der Waals surface area contributed by atoms with E-state index in [-0.39, 0.29) is 29.7 Å². The van der Waals surface area contributed by atoms with Gasteiger partial charge in [0.05, 0.1) is 0 Å². The number of aliphatic imine (C=N–C) groups is 1. The molecule has 1 saturated carbocycles. The average molecular weight is 416 g/mol. The van der Waals surface area contributed by atoms with Gasteiger partial charge in [-0.3, -0.25) is 4.99 Å². The molecule has 0 heterocycles. The van der Waals surface area contributed by atoms with Crippen molar-refractivity contribution in [2.75, 3.05) is 19.7 Å². The molecule has 2 rings (SSSR count). The molecule has 5 nitrogen and oxygen atoms in total. The largest absolute Gasteiger partial charge is 0.573 e. The molecule has 0 aromatic heterocycles. The van der Waals surface area contributed by atoms with Crippen molar-refractivity contribution < 1.29 is 23.0 Å². The Kier molecular flexibility index (Phi) is 8.19. The zero-order chi connectivity index (χ0) is 21.5. The summed E-state index contributed by atoms with van der Waals surface area (Å²) < 4.78 is 42.2. The minimum Gasteiger partial charge on any atom is -0.405 e. The number of para-hydroxylation sites is 1. The zero-order valence-corrected chi connectivity index (χ0v) is 17.4. The second kappa shape index (κ2) is 10.2. The van der Waals surface area contributed by atoms with Crippen molar-refractivity contribution in [2.24, 2.45) is 10.4 Å². The molecule has 0 spiro atoms. The van der Waals surface area contributed by atoms with Crippen LogP contribution in [0.5, 0.6) is 5.75 Å². The van der Waals surface area contributed by atoms with E-state index in [1.807, 2.05) is 6.92 Å². The van der Waals surface area contributed by atoms with Crippen LogP contribution in [0.3, 0.4) is 0 Å². The number of rotatable bonds is 10. The smallest absolute Gasteiger partial charge is 0.405 e. The highest BCUT2D eigenvalue weighted by Gasteiger charge is 2.42. The first-order valence-electron chi connectivity index (χ1n) is 10.3. The van der Waals surface area contributed by atoms with Gasteiger partial charge in [0.15, 0.2) is 5.96 Å². The number of nitrogens with zero attached hydrogens (tertiary/aromatic N) is 1. The van der Waals surface area contributed by atoms with E-state index in [0.29, 0.717) is 37.5 Å². The topological polar surface area (TPSA) is 65.9 Å². The Bertz CT molecular complexity index is 675. The van der Waals surface area contributed by atoms with Crippen LogP contribution in [0, 0.1) is 5.41 Å². The molecule has 1 fully saturated rings. The summed E-state index contributed by atoms with van der Waals surface area (Å²) in [5.74, 6) is 0.450. The van der Waals surface area contributed by atoms with E-state index in [1.54, 1.807) is 12.1 Å². The molecule has 0 bridgehead atoms. The number of hydrogen-bond acceptors (Lipinski definition) is 3. The molecule has 1 aromatic rings. The number of benzene rings is 1. The number of ether oxygens (including phenoxy) is 1. The Balaban J connectivity index is 2.07. The van der Waals surface area contributed by atoms with E-state index in [4.69, 9.17) is 4.99 Å². The minimum absolute atomic E-state index is 0.00118. The molecular weight excluding hydrogens is 383 g/mol. The van der Waals surface area contributed by atoms with Crippen LogP contribution in [0.1, 0.15) is 57.9 Å². The van der Waals surface area contributed by atoms with Crippen molar-refractivity contribution >= 4 is 5.96 Å². The van der Waals surface area contributed by atoms with Gasteiger partial charge in [0.25, 0.3) is 0 Å². The maximum Gasteiger partial charge on any atom is 0.573 e. The molecule has 0 aliphatic heterocycles. The summed E-state index contributed by atoms with van der Waals surface area (Å²) in [6, 6.07) is 6.29. The van der Waals surface area contributed by atoms with Crippen molar-refractivity contribution in [3.8, 4) is 5.75 Å². The zero-order valence-electron chi connectivity index (χ0n) is 17.4. The Morgan fingerprint density at radius 3 is 2.48 bits per heavy atom. The van der Waals surface area contributed by atoms with Crippen LogP contribution < -0.4 is 15.4 Å². The lowest BCUT2D eigenvalue weighted by Crippen LogP contribution is -2.40. The fraction of sp³-hybridized carbons (Fsp3) is 0.667. The van der Waals surface area contributed by atoms with Crippen molar-refractivity contribution in [3.63, 3.8) is 0 Å². The first-order valence-corrected chi connectivity index (χ1v) is 10.3. The standard InChI is InChI=1S/C21H32F3N3O2/c1-4-20(5-2,11-12-28)14-26-19(25-6-3)27-17-13-16(17)15-9-7-8-10-18(15)29-21(22,23)24/h7-10,16-17,28H,4-6,11-14H2,1-3H3,(H2,25,26,27). The lowest BCUT2D eigenvalue weighted by Gasteiger charge is -2.29. The number of aliphatic hydroxyl groups excluding tert-OH is 1. The second-order valence-corrected chi connectivity index (χ2v) is 7.55. The van der Waals surface area contributed by atoms with Crippen LogP contribution >= 0.6 is 0 Å². The predicted octanol–water partition coefficient (Wildman–Crippen LogP) is 4.19. The Morgan fingerprint density at radius 2 is 1.90 bits per heavy atom. The van der Waals surface area contributed by atoms with E-state index in [0.717, 1.165) is 12.8 Å². The van der Waals surface area contributed by atoms with E-state index in [9.17, 15) is 18.3 Å². The third-order valence-electron chi connectivity index (χ3n) is 5.72. The molecule has 0 radical (unpaired) electrons. The first kappa shape index (κ1) is 23.3. The summed E-state index contributed by atoms with van der Waals surface area (Å²) in [5.41, 5.74) is 0.502. The van der Waals surface area contributed by atoms with Crippen molar-refractivity contribution in [1.82, 2.24) is 10.6 Å². The summed E-state index contributed by atoms with van der Waals surface area (Å²) in [6.45, 7) is 7.56.